The number of hydrogen-bond donors (Lipinski definition) is 3. The van der Waals surface area contributed by atoms with E-state index in [1.165, 1.54) is 31.3 Å². The molecule has 2 rings (SSSR count). The van der Waals surface area contributed by atoms with Gasteiger partial charge in [-0.2, -0.15) is 13.2 Å². The number of hydrogen-bond acceptors (Lipinski definition) is 3. The molecule has 128 valence electrons. The molecule has 1 aromatic carbocycles. The van der Waals surface area contributed by atoms with E-state index in [0.29, 0.717) is 0 Å². The molecular formula is C16H15F3N2O3. The molecular weight excluding hydrogens is 325 g/mol. The van der Waals surface area contributed by atoms with Gasteiger partial charge in [-0.05, 0) is 24.6 Å². The molecule has 1 amide bonds. The lowest BCUT2D eigenvalue weighted by Gasteiger charge is -2.30. The number of carbonyl (C=O) groups excluding carboxylic acids is 1. The number of benzene rings is 1. The second-order valence-corrected chi connectivity index (χ2v) is 5.46. The molecule has 1 heterocycles. The molecule has 1 unspecified atom stereocenters. The van der Waals surface area contributed by atoms with Gasteiger partial charge < -0.3 is 15.4 Å². The summed E-state index contributed by atoms with van der Waals surface area (Å²) in [7, 11) is 0. The molecule has 8 heteroatoms. The topological polar surface area (TPSA) is 82.2 Å². The molecule has 1 atom stereocenters. The molecule has 24 heavy (non-hydrogen) atoms. The molecule has 0 aliphatic heterocycles. The summed E-state index contributed by atoms with van der Waals surface area (Å²) in [6.45, 7) is 0.762. The number of rotatable bonds is 4. The van der Waals surface area contributed by atoms with Crippen molar-refractivity contribution in [2.45, 2.75) is 18.6 Å². The minimum atomic E-state index is -4.54. The van der Waals surface area contributed by atoms with Crippen molar-refractivity contribution in [2.75, 3.05) is 6.61 Å². The van der Waals surface area contributed by atoms with E-state index in [0.717, 1.165) is 18.2 Å². The van der Waals surface area contributed by atoms with Gasteiger partial charge in [-0.15, -0.1) is 0 Å². The van der Waals surface area contributed by atoms with Crippen molar-refractivity contribution in [3.8, 4) is 0 Å². The fourth-order valence-electron chi connectivity index (χ4n) is 2.14. The fraction of sp³-hybridized carbons (Fsp3) is 0.250. The van der Waals surface area contributed by atoms with Gasteiger partial charge in [0, 0.05) is 18.3 Å². The Balaban J connectivity index is 2.35. The summed E-state index contributed by atoms with van der Waals surface area (Å²) in [5, 5.41) is 12.1. The summed E-state index contributed by atoms with van der Waals surface area (Å²) in [5.41, 5.74) is -2.71. The molecule has 0 bridgehead atoms. The van der Waals surface area contributed by atoms with Crippen LogP contribution in [0.2, 0.25) is 0 Å². The Morgan fingerprint density at radius 3 is 2.46 bits per heavy atom. The average Bonchev–Trinajstić information content (AvgIpc) is 2.54. The maximum atomic E-state index is 12.8. The summed E-state index contributed by atoms with van der Waals surface area (Å²) < 4.78 is 38.5. The second-order valence-electron chi connectivity index (χ2n) is 5.46. The summed E-state index contributed by atoms with van der Waals surface area (Å²) in [4.78, 5) is 26.1. The van der Waals surface area contributed by atoms with Crippen LogP contribution in [0.25, 0.3) is 0 Å². The lowest BCUT2D eigenvalue weighted by molar-refractivity contribution is -0.137. The number of aliphatic hydroxyl groups excluding tert-OH is 1. The summed E-state index contributed by atoms with van der Waals surface area (Å²) >= 11 is 0. The molecule has 0 saturated carbocycles. The van der Waals surface area contributed by atoms with Crippen molar-refractivity contribution in [3.63, 3.8) is 0 Å². The van der Waals surface area contributed by atoms with Crippen LogP contribution in [0, 0.1) is 0 Å². The van der Waals surface area contributed by atoms with Gasteiger partial charge in [0.05, 0.1) is 17.7 Å². The summed E-state index contributed by atoms with van der Waals surface area (Å²) in [5.74, 6) is -0.721. The van der Waals surface area contributed by atoms with Crippen molar-refractivity contribution >= 4 is 5.91 Å². The number of aromatic amines is 1. The monoisotopic (exact) mass is 340 g/mol. The number of nitrogens with one attached hydrogen (secondary N) is 2. The van der Waals surface area contributed by atoms with Crippen LogP contribution in [0.4, 0.5) is 13.2 Å². The molecule has 0 fully saturated rings. The molecule has 0 aliphatic carbocycles. The Morgan fingerprint density at radius 1 is 1.21 bits per heavy atom. The van der Waals surface area contributed by atoms with Crippen molar-refractivity contribution in [1.82, 2.24) is 10.3 Å². The number of alkyl halides is 3. The fourth-order valence-corrected chi connectivity index (χ4v) is 2.14. The summed E-state index contributed by atoms with van der Waals surface area (Å²) in [6.07, 6.45) is -3.27. The Kier molecular flexibility index (Phi) is 4.79. The van der Waals surface area contributed by atoms with Crippen LogP contribution in [-0.2, 0) is 11.7 Å². The first kappa shape index (κ1) is 17.7. The highest BCUT2D eigenvalue weighted by atomic mass is 19.4. The molecule has 0 aliphatic rings. The molecule has 0 radical (unpaired) electrons. The lowest BCUT2D eigenvalue weighted by Crippen LogP contribution is -2.46. The van der Waals surface area contributed by atoms with E-state index in [1.807, 2.05) is 0 Å². The third-order valence-corrected chi connectivity index (χ3v) is 3.55. The smallest absolute Gasteiger partial charge is 0.394 e. The minimum absolute atomic E-state index is 0.0610. The van der Waals surface area contributed by atoms with Crippen LogP contribution in [-0.4, -0.2) is 22.6 Å². The number of amides is 1. The van der Waals surface area contributed by atoms with Gasteiger partial charge in [0.15, 0.2) is 5.43 Å². The Morgan fingerprint density at radius 2 is 1.88 bits per heavy atom. The molecule has 0 spiro atoms. The van der Waals surface area contributed by atoms with Gasteiger partial charge in [-0.3, -0.25) is 9.59 Å². The highest BCUT2D eigenvalue weighted by Crippen LogP contribution is 2.32. The van der Waals surface area contributed by atoms with E-state index in [9.17, 15) is 27.9 Å². The highest BCUT2D eigenvalue weighted by Gasteiger charge is 2.34. The van der Waals surface area contributed by atoms with Gasteiger partial charge in [-0.25, -0.2) is 0 Å². The SMILES string of the molecule is CC(CO)(NC(=O)c1cc(=O)cc[nH]1)c1cccc(C(F)(F)F)c1. The zero-order valence-electron chi connectivity index (χ0n) is 12.6. The van der Waals surface area contributed by atoms with Crippen LogP contribution in [0.1, 0.15) is 28.5 Å². The van der Waals surface area contributed by atoms with Gasteiger partial charge in [0.2, 0.25) is 0 Å². The van der Waals surface area contributed by atoms with Crippen LogP contribution in [0.3, 0.4) is 0 Å². The number of H-pyrrole nitrogens is 1. The van der Waals surface area contributed by atoms with Crippen molar-refractivity contribution < 1.29 is 23.1 Å². The molecule has 1 aromatic heterocycles. The zero-order chi connectivity index (χ0) is 18.0. The maximum absolute atomic E-state index is 12.8. The van der Waals surface area contributed by atoms with Crippen LogP contribution >= 0.6 is 0 Å². The van der Waals surface area contributed by atoms with Crippen molar-refractivity contribution in [2.24, 2.45) is 0 Å². The van der Waals surface area contributed by atoms with E-state index in [-0.39, 0.29) is 11.3 Å². The third-order valence-electron chi connectivity index (χ3n) is 3.55. The van der Waals surface area contributed by atoms with Gasteiger partial charge in [0.25, 0.3) is 5.91 Å². The number of carbonyl (C=O) groups is 1. The van der Waals surface area contributed by atoms with Crippen LogP contribution in [0.5, 0.6) is 0 Å². The number of aliphatic hydroxyl groups is 1. The standard InChI is InChI=1S/C16H15F3N2O3/c1-15(9-22,10-3-2-4-11(7-10)16(17,18)19)21-14(24)13-8-12(23)5-6-20-13/h2-8,22H,9H2,1H3,(H,20,23)(H,21,24). The first-order valence-electron chi connectivity index (χ1n) is 6.95. The van der Waals surface area contributed by atoms with E-state index in [2.05, 4.69) is 10.3 Å². The first-order valence-corrected chi connectivity index (χ1v) is 6.95. The Hall–Kier alpha value is -2.61. The predicted octanol–water partition coefficient (Wildman–Crippen LogP) is 2.03. The lowest BCUT2D eigenvalue weighted by atomic mass is 9.91. The minimum Gasteiger partial charge on any atom is -0.394 e. The van der Waals surface area contributed by atoms with E-state index in [1.54, 1.807) is 0 Å². The zero-order valence-corrected chi connectivity index (χ0v) is 12.6. The van der Waals surface area contributed by atoms with Crippen molar-refractivity contribution in [3.05, 3.63) is 69.6 Å². The third kappa shape index (κ3) is 3.83. The van der Waals surface area contributed by atoms with Crippen LogP contribution in [0.15, 0.2) is 47.4 Å². The first-order chi connectivity index (χ1) is 11.2. The Bertz CT molecular complexity index is 801. The van der Waals surface area contributed by atoms with Crippen LogP contribution < -0.4 is 10.7 Å². The van der Waals surface area contributed by atoms with Gasteiger partial charge in [-0.1, -0.05) is 12.1 Å². The van der Waals surface area contributed by atoms with Gasteiger partial charge >= 0.3 is 6.18 Å². The molecule has 0 saturated heterocycles. The maximum Gasteiger partial charge on any atom is 0.416 e. The highest BCUT2D eigenvalue weighted by molar-refractivity contribution is 5.92. The Labute approximate surface area is 135 Å². The summed E-state index contributed by atoms with van der Waals surface area (Å²) in [6, 6.07) is 6.61. The van der Waals surface area contributed by atoms with Crippen molar-refractivity contribution in [1.29, 1.82) is 0 Å². The second kappa shape index (κ2) is 6.48. The van der Waals surface area contributed by atoms with E-state index >= 15 is 0 Å². The predicted molar refractivity (Wildman–Crippen MR) is 80.4 cm³/mol. The largest absolute Gasteiger partial charge is 0.416 e. The quantitative estimate of drug-likeness (QED) is 0.796. The van der Waals surface area contributed by atoms with E-state index in [4.69, 9.17) is 0 Å². The molecule has 5 nitrogen and oxygen atoms in total. The average molecular weight is 340 g/mol. The normalized spacial score (nSPS) is 14.0. The van der Waals surface area contributed by atoms with Gasteiger partial charge in [0.1, 0.15) is 5.69 Å². The number of aromatic nitrogens is 1. The van der Waals surface area contributed by atoms with E-state index < -0.39 is 35.2 Å². The molecule has 3 N–H and O–H groups in total. The number of pyridine rings is 1. The molecule has 2 aromatic rings. The number of halogens is 3.